The molecule has 0 unspecified atom stereocenters. The van der Waals surface area contributed by atoms with Crippen molar-refractivity contribution in [3.63, 3.8) is 0 Å². The molecule has 0 bridgehead atoms. The summed E-state index contributed by atoms with van der Waals surface area (Å²) in [6, 6.07) is 7.33. The van der Waals surface area contributed by atoms with Crippen molar-refractivity contribution >= 4 is 0 Å². The SMILES string of the molecule is CC.CC.CC.c1ccoc1.c1ccoc1. The van der Waals surface area contributed by atoms with E-state index in [0.29, 0.717) is 0 Å². The van der Waals surface area contributed by atoms with E-state index >= 15 is 0 Å². The Hall–Kier alpha value is -1.44. The molecular formula is C14H26O2. The van der Waals surface area contributed by atoms with Gasteiger partial charge >= 0.3 is 0 Å². The van der Waals surface area contributed by atoms with Crippen LogP contribution in [-0.2, 0) is 0 Å². The highest BCUT2D eigenvalue weighted by Crippen LogP contribution is 1.80. The smallest absolute Gasteiger partial charge is 0.0902 e. The molecule has 0 saturated heterocycles. The lowest BCUT2D eigenvalue weighted by atomic mass is 10.7. The molecule has 2 aromatic rings. The summed E-state index contributed by atoms with van der Waals surface area (Å²) in [6.07, 6.45) is 6.50. The molecule has 2 aromatic heterocycles. The first kappa shape index (κ1) is 20.0. The van der Waals surface area contributed by atoms with E-state index in [9.17, 15) is 0 Å². The van der Waals surface area contributed by atoms with Crippen molar-refractivity contribution in [2.75, 3.05) is 0 Å². The fraction of sp³-hybridized carbons (Fsp3) is 0.429. The molecule has 16 heavy (non-hydrogen) atoms. The van der Waals surface area contributed by atoms with E-state index in [2.05, 4.69) is 8.83 Å². The summed E-state index contributed by atoms with van der Waals surface area (Å²) in [4.78, 5) is 0. The van der Waals surface area contributed by atoms with Crippen LogP contribution in [0.15, 0.2) is 58.2 Å². The van der Waals surface area contributed by atoms with Crippen molar-refractivity contribution in [1.29, 1.82) is 0 Å². The van der Waals surface area contributed by atoms with Gasteiger partial charge in [-0.3, -0.25) is 0 Å². The van der Waals surface area contributed by atoms with E-state index in [0.717, 1.165) is 0 Å². The lowest BCUT2D eigenvalue weighted by Crippen LogP contribution is -1.16. The van der Waals surface area contributed by atoms with Crippen LogP contribution in [-0.4, -0.2) is 0 Å². The minimum Gasteiger partial charge on any atom is -0.473 e. The van der Waals surface area contributed by atoms with E-state index in [1.54, 1.807) is 25.1 Å². The lowest BCUT2D eigenvalue weighted by molar-refractivity contribution is 0.567. The minimum absolute atomic E-state index is 1.62. The Morgan fingerprint density at radius 2 is 0.625 bits per heavy atom. The van der Waals surface area contributed by atoms with E-state index in [4.69, 9.17) is 0 Å². The molecular weight excluding hydrogens is 200 g/mol. The predicted molar refractivity (Wildman–Crippen MR) is 71.5 cm³/mol. The van der Waals surface area contributed by atoms with Crippen molar-refractivity contribution in [2.24, 2.45) is 0 Å². The zero-order valence-corrected chi connectivity index (χ0v) is 11.4. The third kappa shape index (κ3) is 22.9. The highest BCUT2D eigenvalue weighted by Gasteiger charge is 1.59. The summed E-state index contributed by atoms with van der Waals surface area (Å²) < 4.78 is 9.17. The summed E-state index contributed by atoms with van der Waals surface area (Å²) >= 11 is 0. The van der Waals surface area contributed by atoms with Gasteiger partial charge in [0.2, 0.25) is 0 Å². The van der Waals surface area contributed by atoms with Gasteiger partial charge in [0.05, 0.1) is 25.1 Å². The number of hydrogen-bond acceptors (Lipinski definition) is 2. The van der Waals surface area contributed by atoms with Gasteiger partial charge in [0.25, 0.3) is 0 Å². The normalized spacial score (nSPS) is 6.12. The Balaban J connectivity index is -0.000000146. The van der Waals surface area contributed by atoms with Crippen LogP contribution in [0.25, 0.3) is 0 Å². The van der Waals surface area contributed by atoms with Gasteiger partial charge in [-0.05, 0) is 24.3 Å². The van der Waals surface area contributed by atoms with Gasteiger partial charge in [-0.1, -0.05) is 41.5 Å². The van der Waals surface area contributed by atoms with Crippen LogP contribution in [0.3, 0.4) is 0 Å². The Morgan fingerprint density at radius 3 is 0.688 bits per heavy atom. The van der Waals surface area contributed by atoms with Crippen molar-refractivity contribution in [2.45, 2.75) is 41.5 Å². The van der Waals surface area contributed by atoms with E-state index in [1.807, 2.05) is 65.8 Å². The first-order valence-electron chi connectivity index (χ1n) is 5.94. The molecule has 0 N–H and O–H groups in total. The highest BCUT2D eigenvalue weighted by atomic mass is 16.3. The quantitative estimate of drug-likeness (QED) is 0.581. The predicted octanol–water partition coefficient (Wildman–Crippen LogP) is 5.64. The van der Waals surface area contributed by atoms with Crippen LogP contribution in [0.1, 0.15) is 41.5 Å². The maximum atomic E-state index is 4.58. The zero-order chi connectivity index (χ0) is 13.1. The molecule has 0 aliphatic heterocycles. The second kappa shape index (κ2) is 29.2. The topological polar surface area (TPSA) is 26.3 Å². The van der Waals surface area contributed by atoms with E-state index in [-0.39, 0.29) is 0 Å². The van der Waals surface area contributed by atoms with Crippen LogP contribution in [0, 0.1) is 0 Å². The largest absolute Gasteiger partial charge is 0.473 e. The van der Waals surface area contributed by atoms with Crippen LogP contribution < -0.4 is 0 Å². The Labute approximate surface area is 100 Å². The minimum atomic E-state index is 1.62. The number of furan rings is 2. The molecule has 2 heteroatoms. The molecule has 0 atom stereocenters. The van der Waals surface area contributed by atoms with Crippen LogP contribution in [0.4, 0.5) is 0 Å². The van der Waals surface area contributed by atoms with E-state index < -0.39 is 0 Å². The summed E-state index contributed by atoms with van der Waals surface area (Å²) in [5.41, 5.74) is 0. The average Bonchev–Trinajstić information content (AvgIpc) is 3.14. The molecule has 0 aliphatic rings. The first-order chi connectivity index (χ1) is 8.00. The molecule has 0 spiro atoms. The monoisotopic (exact) mass is 226 g/mol. The number of hydrogen-bond donors (Lipinski definition) is 0. The summed E-state index contributed by atoms with van der Waals surface area (Å²) in [5.74, 6) is 0. The van der Waals surface area contributed by atoms with Crippen LogP contribution >= 0.6 is 0 Å². The molecule has 0 aromatic carbocycles. The standard InChI is InChI=1S/2C4H4O.3C2H6/c2*1-2-4-5-3-1;3*1-2/h2*1-4H;3*1-2H3. The molecule has 0 saturated carbocycles. The molecule has 94 valence electrons. The van der Waals surface area contributed by atoms with E-state index in [1.165, 1.54) is 0 Å². The summed E-state index contributed by atoms with van der Waals surface area (Å²) in [7, 11) is 0. The fourth-order valence-corrected chi connectivity index (χ4v) is 0.454. The zero-order valence-electron chi connectivity index (χ0n) is 11.4. The molecule has 2 heterocycles. The van der Waals surface area contributed by atoms with Gasteiger partial charge < -0.3 is 8.83 Å². The third-order valence-electron chi connectivity index (χ3n) is 0.851. The van der Waals surface area contributed by atoms with Crippen molar-refractivity contribution in [1.82, 2.24) is 0 Å². The Kier molecular flexibility index (Phi) is 36.6. The summed E-state index contributed by atoms with van der Waals surface area (Å²) in [5, 5.41) is 0. The maximum absolute atomic E-state index is 4.58. The second-order valence-electron chi connectivity index (χ2n) is 1.59. The average molecular weight is 226 g/mol. The van der Waals surface area contributed by atoms with Gasteiger partial charge in [-0.25, -0.2) is 0 Å². The van der Waals surface area contributed by atoms with Crippen molar-refractivity contribution < 1.29 is 8.83 Å². The van der Waals surface area contributed by atoms with Gasteiger partial charge in [-0.2, -0.15) is 0 Å². The molecule has 0 aliphatic carbocycles. The maximum Gasteiger partial charge on any atom is 0.0902 e. The molecule has 0 amide bonds. The van der Waals surface area contributed by atoms with Gasteiger partial charge in [0.1, 0.15) is 0 Å². The van der Waals surface area contributed by atoms with Gasteiger partial charge in [-0.15, -0.1) is 0 Å². The van der Waals surface area contributed by atoms with Crippen LogP contribution in [0.2, 0.25) is 0 Å². The molecule has 0 fully saturated rings. The van der Waals surface area contributed by atoms with Crippen molar-refractivity contribution in [3.8, 4) is 0 Å². The third-order valence-corrected chi connectivity index (χ3v) is 0.851. The van der Waals surface area contributed by atoms with Gasteiger partial charge in [0, 0.05) is 0 Å². The summed E-state index contributed by atoms with van der Waals surface area (Å²) in [6.45, 7) is 12.0. The molecule has 2 nitrogen and oxygen atoms in total. The van der Waals surface area contributed by atoms with Crippen LogP contribution in [0.5, 0.6) is 0 Å². The Bertz CT molecular complexity index is 148. The fourth-order valence-electron chi connectivity index (χ4n) is 0.454. The first-order valence-corrected chi connectivity index (χ1v) is 5.94. The molecule has 0 radical (unpaired) electrons. The second-order valence-corrected chi connectivity index (χ2v) is 1.59. The number of rotatable bonds is 0. The van der Waals surface area contributed by atoms with Crippen molar-refractivity contribution in [3.05, 3.63) is 49.3 Å². The molecule has 2 rings (SSSR count). The lowest BCUT2D eigenvalue weighted by Gasteiger charge is -1.50. The Morgan fingerprint density at radius 1 is 0.438 bits per heavy atom. The van der Waals surface area contributed by atoms with Gasteiger partial charge in [0.15, 0.2) is 0 Å². The highest BCUT2D eigenvalue weighted by molar-refractivity contribution is 4.79.